The Balaban J connectivity index is 1.27. The molecule has 29 heavy (non-hydrogen) atoms. The van der Waals surface area contributed by atoms with Gasteiger partial charge in [0.25, 0.3) is 0 Å². The summed E-state index contributed by atoms with van der Waals surface area (Å²) in [4.78, 5) is 16.3. The van der Waals surface area contributed by atoms with Crippen molar-refractivity contribution in [1.29, 1.82) is 0 Å². The third-order valence-corrected chi connectivity index (χ3v) is 4.25. The lowest BCUT2D eigenvalue weighted by atomic mass is 10.1. The molecule has 0 unspecified atom stereocenters. The van der Waals surface area contributed by atoms with Crippen molar-refractivity contribution in [3.63, 3.8) is 0 Å². The zero-order chi connectivity index (χ0) is 20.1. The van der Waals surface area contributed by atoms with Crippen molar-refractivity contribution in [2.75, 3.05) is 20.4 Å². The molecule has 150 valence electrons. The van der Waals surface area contributed by atoms with E-state index in [0.717, 1.165) is 11.3 Å². The highest BCUT2D eigenvalue weighted by Gasteiger charge is 2.17. The molecule has 1 N–H and O–H groups in total. The second kappa shape index (κ2) is 8.51. The van der Waals surface area contributed by atoms with E-state index in [2.05, 4.69) is 15.5 Å². The Morgan fingerprint density at radius 2 is 2.03 bits per heavy atom. The van der Waals surface area contributed by atoms with Crippen molar-refractivity contribution < 1.29 is 28.3 Å². The van der Waals surface area contributed by atoms with Crippen LogP contribution in [0.3, 0.4) is 0 Å². The Kier molecular flexibility index (Phi) is 5.46. The second-order valence-electron chi connectivity index (χ2n) is 6.14. The molecule has 0 bridgehead atoms. The maximum absolute atomic E-state index is 12.2. The van der Waals surface area contributed by atoms with E-state index in [0.29, 0.717) is 30.2 Å². The number of carbonyl (C=O) groups is 1. The van der Waals surface area contributed by atoms with Gasteiger partial charge in [0.05, 0.1) is 7.11 Å². The number of carbonyl (C=O) groups excluding carboxylic acids is 1. The first-order chi connectivity index (χ1) is 14.2. The van der Waals surface area contributed by atoms with Crippen LogP contribution in [0.5, 0.6) is 23.0 Å². The van der Waals surface area contributed by atoms with Crippen LogP contribution >= 0.6 is 0 Å². The Morgan fingerprint density at radius 1 is 1.17 bits per heavy atom. The van der Waals surface area contributed by atoms with Gasteiger partial charge in [-0.05, 0) is 30.2 Å². The van der Waals surface area contributed by atoms with Gasteiger partial charge in [-0.15, -0.1) is 0 Å². The van der Waals surface area contributed by atoms with Crippen LogP contribution in [0.2, 0.25) is 0 Å². The molecule has 9 heteroatoms. The zero-order valence-electron chi connectivity index (χ0n) is 15.7. The van der Waals surface area contributed by atoms with Crippen molar-refractivity contribution in [3.05, 3.63) is 59.7 Å². The van der Waals surface area contributed by atoms with Gasteiger partial charge >= 0.3 is 11.8 Å². The summed E-state index contributed by atoms with van der Waals surface area (Å²) in [7, 11) is 1.61. The molecule has 0 saturated carbocycles. The molecule has 0 radical (unpaired) electrons. The average molecular weight is 397 g/mol. The minimum Gasteiger partial charge on any atom is -0.496 e. The standard InChI is InChI=1S/C20H19N3O6/c1-25-15-5-3-2-4-13(15)8-9-21-19(24)20-22-18(23-29-20)11-26-14-6-7-16-17(10-14)28-12-27-16/h2-7,10H,8-9,11-12H2,1H3,(H,21,24). The van der Waals surface area contributed by atoms with Gasteiger partial charge in [0, 0.05) is 12.6 Å². The normalized spacial score (nSPS) is 11.9. The predicted molar refractivity (Wildman–Crippen MR) is 100 cm³/mol. The summed E-state index contributed by atoms with van der Waals surface area (Å²) in [5.74, 6) is 2.34. The number of methoxy groups -OCH3 is 1. The van der Waals surface area contributed by atoms with Crippen molar-refractivity contribution in [1.82, 2.24) is 15.5 Å². The van der Waals surface area contributed by atoms with Gasteiger partial charge in [0.15, 0.2) is 18.1 Å². The molecule has 1 aromatic heterocycles. The minimum absolute atomic E-state index is 0.0532. The Hall–Kier alpha value is -3.75. The van der Waals surface area contributed by atoms with E-state index in [9.17, 15) is 4.79 Å². The molecule has 1 aliphatic heterocycles. The van der Waals surface area contributed by atoms with E-state index in [1.807, 2.05) is 24.3 Å². The first-order valence-electron chi connectivity index (χ1n) is 8.98. The smallest absolute Gasteiger partial charge is 0.316 e. The van der Waals surface area contributed by atoms with Crippen LogP contribution < -0.4 is 24.3 Å². The lowest BCUT2D eigenvalue weighted by molar-refractivity contribution is 0.0910. The highest BCUT2D eigenvalue weighted by atomic mass is 16.7. The Labute approximate surface area is 166 Å². The molecule has 0 aliphatic carbocycles. The predicted octanol–water partition coefficient (Wildman–Crippen LogP) is 2.36. The number of hydrogen-bond donors (Lipinski definition) is 1. The molecule has 1 amide bonds. The quantitative estimate of drug-likeness (QED) is 0.618. The van der Waals surface area contributed by atoms with Crippen LogP contribution in [0.4, 0.5) is 0 Å². The van der Waals surface area contributed by atoms with Crippen LogP contribution in [0.25, 0.3) is 0 Å². The number of fused-ring (bicyclic) bond motifs is 1. The lowest BCUT2D eigenvalue weighted by Crippen LogP contribution is -2.26. The highest BCUT2D eigenvalue weighted by molar-refractivity contribution is 5.89. The zero-order valence-corrected chi connectivity index (χ0v) is 15.7. The molecule has 0 spiro atoms. The van der Waals surface area contributed by atoms with Crippen molar-refractivity contribution >= 4 is 5.91 Å². The maximum atomic E-state index is 12.2. The number of nitrogens with zero attached hydrogens (tertiary/aromatic N) is 2. The number of amides is 1. The molecule has 0 atom stereocenters. The van der Waals surface area contributed by atoms with E-state index in [-0.39, 0.29) is 25.1 Å². The second-order valence-corrected chi connectivity index (χ2v) is 6.14. The van der Waals surface area contributed by atoms with Gasteiger partial charge in [0.1, 0.15) is 11.5 Å². The highest BCUT2D eigenvalue weighted by Crippen LogP contribution is 2.35. The minimum atomic E-state index is -0.443. The molecule has 1 aliphatic rings. The molecule has 2 aromatic carbocycles. The summed E-state index contributed by atoms with van der Waals surface area (Å²) in [5, 5.41) is 6.52. The first-order valence-corrected chi connectivity index (χ1v) is 8.98. The first kappa shape index (κ1) is 18.6. The fourth-order valence-corrected chi connectivity index (χ4v) is 2.82. The molecule has 4 rings (SSSR count). The van der Waals surface area contributed by atoms with E-state index in [1.54, 1.807) is 25.3 Å². The molecule has 2 heterocycles. The van der Waals surface area contributed by atoms with Crippen LogP contribution in [0.15, 0.2) is 47.0 Å². The average Bonchev–Trinajstić information content (AvgIpc) is 3.41. The largest absolute Gasteiger partial charge is 0.496 e. The number of aromatic nitrogens is 2. The summed E-state index contributed by atoms with van der Waals surface area (Å²) in [5.41, 5.74) is 0.999. The number of para-hydroxylation sites is 1. The van der Waals surface area contributed by atoms with Crippen molar-refractivity contribution in [3.8, 4) is 23.0 Å². The fourth-order valence-electron chi connectivity index (χ4n) is 2.82. The topological polar surface area (TPSA) is 105 Å². The molecule has 3 aromatic rings. The van der Waals surface area contributed by atoms with Gasteiger partial charge in [-0.1, -0.05) is 23.4 Å². The van der Waals surface area contributed by atoms with Crippen LogP contribution in [-0.4, -0.2) is 36.5 Å². The van der Waals surface area contributed by atoms with Gasteiger partial charge < -0.3 is 28.8 Å². The number of nitrogens with one attached hydrogen (secondary N) is 1. The maximum Gasteiger partial charge on any atom is 0.316 e. The molecule has 0 saturated heterocycles. The Morgan fingerprint density at radius 3 is 2.93 bits per heavy atom. The molecule has 9 nitrogen and oxygen atoms in total. The van der Waals surface area contributed by atoms with Gasteiger partial charge in [-0.3, -0.25) is 4.79 Å². The lowest BCUT2D eigenvalue weighted by Gasteiger charge is -2.08. The monoisotopic (exact) mass is 397 g/mol. The van der Waals surface area contributed by atoms with Crippen LogP contribution in [0, 0.1) is 0 Å². The Bertz CT molecular complexity index is 1000. The molecular weight excluding hydrogens is 378 g/mol. The van der Waals surface area contributed by atoms with Crippen molar-refractivity contribution in [2.24, 2.45) is 0 Å². The van der Waals surface area contributed by atoms with E-state index < -0.39 is 5.91 Å². The van der Waals surface area contributed by atoms with Gasteiger partial charge in [0.2, 0.25) is 12.6 Å². The molecule has 0 fully saturated rings. The third-order valence-electron chi connectivity index (χ3n) is 4.25. The summed E-state index contributed by atoms with van der Waals surface area (Å²) in [6.45, 7) is 0.654. The van der Waals surface area contributed by atoms with Crippen LogP contribution in [-0.2, 0) is 13.0 Å². The summed E-state index contributed by atoms with van der Waals surface area (Å²) in [6.07, 6.45) is 0.615. The van der Waals surface area contributed by atoms with E-state index in [4.69, 9.17) is 23.5 Å². The third kappa shape index (κ3) is 4.40. The van der Waals surface area contributed by atoms with E-state index in [1.165, 1.54) is 0 Å². The van der Waals surface area contributed by atoms with E-state index >= 15 is 0 Å². The summed E-state index contributed by atoms with van der Waals surface area (Å²) in [6, 6.07) is 12.9. The SMILES string of the molecule is COc1ccccc1CCNC(=O)c1nc(COc2ccc3c(c2)OCO3)no1. The van der Waals surface area contributed by atoms with Crippen molar-refractivity contribution in [2.45, 2.75) is 13.0 Å². The summed E-state index contributed by atoms with van der Waals surface area (Å²) >= 11 is 0. The van der Waals surface area contributed by atoms with Gasteiger partial charge in [-0.2, -0.15) is 4.98 Å². The molecular formula is C20H19N3O6. The number of ether oxygens (including phenoxy) is 4. The number of rotatable bonds is 8. The number of benzene rings is 2. The van der Waals surface area contributed by atoms with Crippen LogP contribution in [0.1, 0.15) is 22.1 Å². The fraction of sp³-hybridized carbons (Fsp3) is 0.250. The van der Waals surface area contributed by atoms with Gasteiger partial charge in [-0.25, -0.2) is 0 Å². The number of hydrogen-bond acceptors (Lipinski definition) is 8. The summed E-state index contributed by atoms with van der Waals surface area (Å²) < 4.78 is 26.5.